The van der Waals surface area contributed by atoms with Crippen LogP contribution in [0.25, 0.3) is 0 Å². The minimum atomic E-state index is -0.936. The van der Waals surface area contributed by atoms with Crippen LogP contribution in [0.3, 0.4) is 0 Å². The van der Waals surface area contributed by atoms with Crippen molar-refractivity contribution in [3.63, 3.8) is 0 Å². The molecule has 1 N–H and O–H groups in total. The Bertz CT molecular complexity index is 320. The molecular formula is C9H8ClFO. The van der Waals surface area contributed by atoms with E-state index in [-0.39, 0.29) is 5.82 Å². The van der Waals surface area contributed by atoms with Gasteiger partial charge in [0, 0.05) is 10.6 Å². The second kappa shape index (κ2) is 2.44. The molecule has 1 fully saturated rings. The van der Waals surface area contributed by atoms with E-state index >= 15 is 0 Å². The molecule has 1 aliphatic carbocycles. The Morgan fingerprint density at radius 2 is 2.08 bits per heavy atom. The number of hydrogen-bond acceptors (Lipinski definition) is 1. The molecule has 1 aliphatic rings. The first-order chi connectivity index (χ1) is 5.62. The van der Waals surface area contributed by atoms with Crippen LogP contribution in [0.15, 0.2) is 18.2 Å². The summed E-state index contributed by atoms with van der Waals surface area (Å²) in [4.78, 5) is 0. The zero-order valence-electron chi connectivity index (χ0n) is 6.35. The third-order valence-corrected chi connectivity index (χ3v) is 2.39. The summed E-state index contributed by atoms with van der Waals surface area (Å²) in [5, 5.41) is 10.1. The number of hydrogen-bond donors (Lipinski definition) is 1. The fourth-order valence-electron chi connectivity index (χ4n) is 1.24. The van der Waals surface area contributed by atoms with Crippen LogP contribution >= 0.6 is 11.6 Å². The van der Waals surface area contributed by atoms with Crippen molar-refractivity contribution in [2.45, 2.75) is 18.4 Å². The van der Waals surface area contributed by atoms with E-state index in [1.165, 1.54) is 18.2 Å². The van der Waals surface area contributed by atoms with Crippen molar-refractivity contribution in [2.24, 2.45) is 0 Å². The van der Waals surface area contributed by atoms with Gasteiger partial charge < -0.3 is 5.11 Å². The van der Waals surface area contributed by atoms with Crippen LogP contribution in [0, 0.1) is 5.82 Å². The van der Waals surface area contributed by atoms with Gasteiger partial charge in [-0.1, -0.05) is 11.6 Å². The predicted molar refractivity (Wildman–Crippen MR) is 44.5 cm³/mol. The van der Waals surface area contributed by atoms with E-state index in [0.29, 0.717) is 23.4 Å². The first-order valence-electron chi connectivity index (χ1n) is 3.80. The topological polar surface area (TPSA) is 20.2 Å². The Hall–Kier alpha value is -0.600. The molecule has 0 spiro atoms. The van der Waals surface area contributed by atoms with Crippen molar-refractivity contribution >= 4 is 11.6 Å². The van der Waals surface area contributed by atoms with Gasteiger partial charge >= 0.3 is 0 Å². The van der Waals surface area contributed by atoms with E-state index in [4.69, 9.17) is 11.6 Å². The van der Waals surface area contributed by atoms with Gasteiger partial charge in [-0.05, 0) is 31.0 Å². The maximum atomic E-state index is 13.1. The Morgan fingerprint density at radius 1 is 1.42 bits per heavy atom. The highest BCUT2D eigenvalue weighted by molar-refractivity contribution is 6.30. The molecule has 0 bridgehead atoms. The molecule has 1 nitrogen and oxygen atoms in total. The lowest BCUT2D eigenvalue weighted by Crippen LogP contribution is -2.06. The minimum Gasteiger partial charge on any atom is -0.385 e. The van der Waals surface area contributed by atoms with E-state index in [1.807, 2.05) is 0 Å². The van der Waals surface area contributed by atoms with Crippen LogP contribution in [0.1, 0.15) is 18.4 Å². The molecule has 1 saturated carbocycles. The Labute approximate surface area is 74.8 Å². The molecule has 64 valence electrons. The van der Waals surface area contributed by atoms with E-state index in [2.05, 4.69) is 0 Å². The number of rotatable bonds is 1. The normalized spacial score (nSPS) is 19.2. The van der Waals surface area contributed by atoms with E-state index in [9.17, 15) is 9.50 Å². The number of aliphatic hydroxyl groups is 1. The SMILES string of the molecule is OC1(c2cc(Cl)ccc2F)CC1. The third-order valence-electron chi connectivity index (χ3n) is 2.15. The highest BCUT2D eigenvalue weighted by Crippen LogP contribution is 2.46. The van der Waals surface area contributed by atoms with Gasteiger partial charge in [0.1, 0.15) is 5.82 Å². The molecule has 1 aromatic rings. The monoisotopic (exact) mass is 186 g/mol. The Kier molecular flexibility index (Phi) is 1.63. The fraction of sp³-hybridized carbons (Fsp3) is 0.333. The van der Waals surface area contributed by atoms with E-state index < -0.39 is 5.60 Å². The van der Waals surface area contributed by atoms with Crippen LogP contribution in [-0.4, -0.2) is 5.11 Å². The second-order valence-electron chi connectivity index (χ2n) is 3.16. The maximum absolute atomic E-state index is 13.1. The van der Waals surface area contributed by atoms with Gasteiger partial charge in [0.25, 0.3) is 0 Å². The van der Waals surface area contributed by atoms with Crippen molar-refractivity contribution < 1.29 is 9.50 Å². The van der Waals surface area contributed by atoms with Gasteiger partial charge in [-0.2, -0.15) is 0 Å². The van der Waals surface area contributed by atoms with Gasteiger partial charge in [-0.15, -0.1) is 0 Å². The predicted octanol–water partition coefficient (Wildman–Crippen LogP) is 2.46. The highest BCUT2D eigenvalue weighted by Gasteiger charge is 2.44. The number of halogens is 2. The first kappa shape index (κ1) is 8.02. The Morgan fingerprint density at radius 3 is 2.67 bits per heavy atom. The summed E-state index contributed by atoms with van der Waals surface area (Å²) in [6.07, 6.45) is 1.26. The molecule has 12 heavy (non-hydrogen) atoms. The second-order valence-corrected chi connectivity index (χ2v) is 3.59. The molecule has 0 unspecified atom stereocenters. The van der Waals surface area contributed by atoms with Crippen LogP contribution in [0.5, 0.6) is 0 Å². The maximum Gasteiger partial charge on any atom is 0.129 e. The van der Waals surface area contributed by atoms with Crippen LogP contribution < -0.4 is 0 Å². The molecular weight excluding hydrogens is 179 g/mol. The van der Waals surface area contributed by atoms with Gasteiger partial charge in [-0.3, -0.25) is 0 Å². The van der Waals surface area contributed by atoms with Crippen LogP contribution in [0.2, 0.25) is 5.02 Å². The average molecular weight is 187 g/mol. The van der Waals surface area contributed by atoms with Gasteiger partial charge in [0.2, 0.25) is 0 Å². The smallest absolute Gasteiger partial charge is 0.129 e. The van der Waals surface area contributed by atoms with Crippen molar-refractivity contribution in [3.05, 3.63) is 34.6 Å². The van der Waals surface area contributed by atoms with E-state index in [1.54, 1.807) is 0 Å². The standard InChI is InChI=1S/C9H8ClFO/c10-6-1-2-8(11)7(5-6)9(12)3-4-9/h1-2,5,12H,3-4H2. The lowest BCUT2D eigenvalue weighted by molar-refractivity contribution is 0.147. The van der Waals surface area contributed by atoms with Crippen molar-refractivity contribution in [1.29, 1.82) is 0 Å². The summed E-state index contributed by atoms with van der Waals surface area (Å²) in [6, 6.07) is 4.25. The van der Waals surface area contributed by atoms with Crippen LogP contribution in [-0.2, 0) is 5.60 Å². The minimum absolute atomic E-state index is 0.329. The highest BCUT2D eigenvalue weighted by atomic mass is 35.5. The van der Waals surface area contributed by atoms with Crippen molar-refractivity contribution in [1.82, 2.24) is 0 Å². The molecule has 0 saturated heterocycles. The summed E-state index contributed by atoms with van der Waals surface area (Å²) in [5.74, 6) is -0.376. The third kappa shape index (κ3) is 1.21. The average Bonchev–Trinajstić information content (AvgIpc) is 2.75. The van der Waals surface area contributed by atoms with Crippen molar-refractivity contribution in [3.8, 4) is 0 Å². The molecule has 0 atom stereocenters. The summed E-state index contributed by atoms with van der Waals surface area (Å²) < 4.78 is 13.1. The van der Waals surface area contributed by atoms with Crippen molar-refractivity contribution in [2.75, 3.05) is 0 Å². The van der Waals surface area contributed by atoms with E-state index in [0.717, 1.165) is 0 Å². The lowest BCUT2D eigenvalue weighted by atomic mass is 10.1. The Balaban J connectivity index is 2.48. The summed E-state index contributed by atoms with van der Waals surface area (Å²) in [5.41, 5.74) is -0.607. The largest absolute Gasteiger partial charge is 0.385 e. The molecule has 0 heterocycles. The summed E-state index contributed by atoms with van der Waals surface area (Å²) in [6.45, 7) is 0. The van der Waals surface area contributed by atoms with Gasteiger partial charge in [0.05, 0.1) is 5.60 Å². The molecule has 3 heteroatoms. The molecule has 1 aromatic carbocycles. The lowest BCUT2D eigenvalue weighted by Gasteiger charge is -2.08. The first-order valence-corrected chi connectivity index (χ1v) is 4.17. The fourth-order valence-corrected chi connectivity index (χ4v) is 1.41. The van der Waals surface area contributed by atoms with Gasteiger partial charge in [0.15, 0.2) is 0 Å². The van der Waals surface area contributed by atoms with Gasteiger partial charge in [-0.25, -0.2) is 4.39 Å². The zero-order valence-corrected chi connectivity index (χ0v) is 7.11. The molecule has 0 amide bonds. The number of benzene rings is 1. The molecule has 0 aliphatic heterocycles. The molecule has 2 rings (SSSR count). The molecule has 0 radical (unpaired) electrons. The summed E-state index contributed by atoms with van der Waals surface area (Å²) >= 11 is 5.67. The zero-order chi connectivity index (χ0) is 8.77. The quantitative estimate of drug-likeness (QED) is 0.715. The summed E-state index contributed by atoms with van der Waals surface area (Å²) in [7, 11) is 0. The molecule has 0 aromatic heterocycles. The van der Waals surface area contributed by atoms with Crippen LogP contribution in [0.4, 0.5) is 4.39 Å².